The second kappa shape index (κ2) is 7.89. The van der Waals surface area contributed by atoms with Gasteiger partial charge >= 0.3 is 0 Å². The highest BCUT2D eigenvalue weighted by Crippen LogP contribution is 2.27. The maximum Gasteiger partial charge on any atom is 0.292 e. The minimum absolute atomic E-state index is 0.0901. The summed E-state index contributed by atoms with van der Waals surface area (Å²) in [6.07, 6.45) is 0. The first-order chi connectivity index (χ1) is 13.7. The molecule has 0 saturated carbocycles. The zero-order valence-electron chi connectivity index (χ0n) is 15.7. The lowest BCUT2D eigenvalue weighted by molar-refractivity contribution is -0.118. The Hall–Kier alpha value is -3.44. The molecule has 0 atom stereocenters. The zero-order chi connectivity index (χ0) is 21.2. The Labute approximate surface area is 167 Å². The van der Waals surface area contributed by atoms with Crippen LogP contribution in [0.2, 0.25) is 0 Å². The Kier molecular flexibility index (Phi) is 5.52. The molecule has 0 aliphatic carbocycles. The van der Waals surface area contributed by atoms with Gasteiger partial charge in [0.25, 0.3) is 11.8 Å². The molecule has 29 heavy (non-hydrogen) atoms. The Morgan fingerprint density at radius 1 is 1.24 bits per heavy atom. The number of primary sulfonamides is 1. The van der Waals surface area contributed by atoms with Gasteiger partial charge in [0.15, 0.2) is 0 Å². The molecule has 152 valence electrons. The Morgan fingerprint density at radius 2 is 1.93 bits per heavy atom. The normalized spacial score (nSPS) is 14.1. The van der Waals surface area contributed by atoms with E-state index in [2.05, 4.69) is 15.7 Å². The van der Waals surface area contributed by atoms with Gasteiger partial charge in [-0.2, -0.15) is 0 Å². The molecular formula is C18H19N5O5S. The number of aliphatic imine (C=N–C) groups is 1. The summed E-state index contributed by atoms with van der Waals surface area (Å²) in [7, 11) is -2.60. The molecule has 0 bridgehead atoms. The van der Waals surface area contributed by atoms with Crippen LogP contribution in [-0.4, -0.2) is 39.7 Å². The van der Waals surface area contributed by atoms with Crippen LogP contribution < -0.4 is 25.6 Å². The van der Waals surface area contributed by atoms with Crippen LogP contribution in [0, 0.1) is 6.92 Å². The van der Waals surface area contributed by atoms with Gasteiger partial charge in [0.1, 0.15) is 12.3 Å². The third-order valence-electron chi connectivity index (χ3n) is 4.09. The van der Waals surface area contributed by atoms with Crippen LogP contribution in [0.15, 0.2) is 52.4 Å². The molecule has 10 nitrogen and oxygen atoms in total. The Balaban J connectivity index is 1.84. The molecular weight excluding hydrogens is 398 g/mol. The van der Waals surface area contributed by atoms with Crippen molar-refractivity contribution in [1.29, 1.82) is 0 Å². The number of anilines is 2. The van der Waals surface area contributed by atoms with E-state index < -0.39 is 15.9 Å². The highest BCUT2D eigenvalue weighted by atomic mass is 32.2. The van der Waals surface area contributed by atoms with Gasteiger partial charge in [-0.1, -0.05) is 17.7 Å². The Bertz CT molecular complexity index is 1100. The highest BCUT2D eigenvalue weighted by molar-refractivity contribution is 7.89. The molecule has 0 fully saturated rings. The number of aryl methyl sites for hydroxylation is 1. The fourth-order valence-corrected chi connectivity index (χ4v) is 3.13. The van der Waals surface area contributed by atoms with Gasteiger partial charge in [-0.3, -0.25) is 20.0 Å². The molecule has 2 aromatic rings. The van der Waals surface area contributed by atoms with Crippen molar-refractivity contribution >= 4 is 39.0 Å². The van der Waals surface area contributed by atoms with E-state index in [0.717, 1.165) is 5.56 Å². The standard InChI is InChI=1S/C18H19N5O5S/c1-11-3-5-12(6-4-11)23-16(24)10-20-17(22-23)18(25)21-14-9-13(29(19,26)27)7-8-15(14)28-2/h3-9H,10H2,1-2H3,(H,20,22)(H,21,25)(H2,19,26,27). The van der Waals surface area contributed by atoms with E-state index in [9.17, 15) is 18.0 Å². The molecule has 2 amide bonds. The summed E-state index contributed by atoms with van der Waals surface area (Å²) in [4.78, 5) is 28.6. The number of carbonyl (C=O) groups excluding carboxylic acids is 2. The molecule has 3 rings (SSSR count). The second-order valence-corrected chi connectivity index (χ2v) is 7.76. The number of nitrogens with one attached hydrogen (secondary N) is 2. The molecule has 0 unspecified atom stereocenters. The molecule has 1 aliphatic heterocycles. The van der Waals surface area contributed by atoms with Crippen molar-refractivity contribution in [2.24, 2.45) is 10.1 Å². The van der Waals surface area contributed by atoms with Crippen LogP contribution in [0.4, 0.5) is 11.4 Å². The van der Waals surface area contributed by atoms with Crippen molar-refractivity contribution in [2.75, 3.05) is 24.0 Å². The molecule has 1 heterocycles. The van der Waals surface area contributed by atoms with Crippen LogP contribution in [-0.2, 0) is 19.6 Å². The lowest BCUT2D eigenvalue weighted by Gasteiger charge is -2.27. The van der Waals surface area contributed by atoms with E-state index >= 15 is 0 Å². The quantitative estimate of drug-likeness (QED) is 0.648. The van der Waals surface area contributed by atoms with Gasteiger partial charge < -0.3 is 10.1 Å². The molecule has 0 saturated heterocycles. The van der Waals surface area contributed by atoms with Crippen LogP contribution in [0.5, 0.6) is 5.75 Å². The van der Waals surface area contributed by atoms with E-state index in [-0.39, 0.29) is 34.6 Å². The number of rotatable bonds is 5. The first-order valence-corrected chi connectivity index (χ1v) is 9.96. The topological polar surface area (TPSA) is 143 Å². The number of sulfonamides is 1. The van der Waals surface area contributed by atoms with Crippen molar-refractivity contribution in [1.82, 2.24) is 5.43 Å². The molecule has 11 heteroatoms. The molecule has 0 aromatic heterocycles. The van der Waals surface area contributed by atoms with Gasteiger partial charge in [-0.25, -0.2) is 18.6 Å². The maximum atomic E-state index is 12.7. The van der Waals surface area contributed by atoms with Gasteiger partial charge in [-0.05, 0) is 37.3 Å². The van der Waals surface area contributed by atoms with E-state index in [1.807, 2.05) is 19.1 Å². The average molecular weight is 417 g/mol. The summed E-state index contributed by atoms with van der Waals surface area (Å²) in [5, 5.41) is 8.88. The minimum Gasteiger partial charge on any atom is -0.495 e. The highest BCUT2D eigenvalue weighted by Gasteiger charge is 2.26. The van der Waals surface area contributed by atoms with E-state index in [1.54, 1.807) is 12.1 Å². The number of nitrogens with two attached hydrogens (primary N) is 1. The molecule has 2 aromatic carbocycles. The van der Waals surface area contributed by atoms with Gasteiger partial charge in [0.2, 0.25) is 15.9 Å². The monoisotopic (exact) mass is 417 g/mol. The third kappa shape index (κ3) is 4.52. The number of carbonyl (C=O) groups is 2. The third-order valence-corrected chi connectivity index (χ3v) is 5.01. The summed E-state index contributed by atoms with van der Waals surface area (Å²) in [6.45, 7) is 1.69. The number of hydrazine groups is 1. The fourth-order valence-electron chi connectivity index (χ4n) is 2.59. The number of hydrogen-bond donors (Lipinski definition) is 3. The summed E-state index contributed by atoms with van der Waals surface area (Å²) >= 11 is 0. The fraction of sp³-hybridized carbons (Fsp3) is 0.167. The van der Waals surface area contributed by atoms with Crippen molar-refractivity contribution in [3.05, 3.63) is 48.0 Å². The molecule has 4 N–H and O–H groups in total. The van der Waals surface area contributed by atoms with Crippen LogP contribution in [0.3, 0.4) is 0 Å². The predicted molar refractivity (Wildman–Crippen MR) is 107 cm³/mol. The molecule has 1 aliphatic rings. The average Bonchev–Trinajstić information content (AvgIpc) is 2.68. The summed E-state index contributed by atoms with van der Waals surface area (Å²) < 4.78 is 28.3. The van der Waals surface area contributed by atoms with Crippen LogP contribution >= 0.6 is 0 Å². The van der Waals surface area contributed by atoms with Crippen molar-refractivity contribution < 1.29 is 22.7 Å². The SMILES string of the molecule is COc1ccc(S(N)(=O)=O)cc1NC(=O)C1=NCC(=O)N(c2ccc(C)cc2)N1. The summed E-state index contributed by atoms with van der Waals surface area (Å²) in [6, 6.07) is 10.9. The minimum atomic E-state index is -3.97. The van der Waals surface area contributed by atoms with Gasteiger partial charge in [0.05, 0.1) is 23.4 Å². The lowest BCUT2D eigenvalue weighted by Crippen LogP contribution is -2.54. The number of amidine groups is 1. The molecule has 0 spiro atoms. The van der Waals surface area contributed by atoms with Crippen molar-refractivity contribution in [2.45, 2.75) is 11.8 Å². The van der Waals surface area contributed by atoms with E-state index in [0.29, 0.717) is 5.69 Å². The predicted octanol–water partition coefficient (Wildman–Crippen LogP) is 0.539. The second-order valence-electron chi connectivity index (χ2n) is 6.20. The maximum absolute atomic E-state index is 12.7. The number of hydrogen-bond acceptors (Lipinski definition) is 7. The smallest absolute Gasteiger partial charge is 0.292 e. The van der Waals surface area contributed by atoms with Gasteiger partial charge in [0, 0.05) is 0 Å². The van der Waals surface area contributed by atoms with Crippen molar-refractivity contribution in [3.63, 3.8) is 0 Å². The van der Waals surface area contributed by atoms with Crippen LogP contribution in [0.25, 0.3) is 0 Å². The number of amides is 2. The van der Waals surface area contributed by atoms with Crippen LogP contribution in [0.1, 0.15) is 5.56 Å². The van der Waals surface area contributed by atoms with Crippen molar-refractivity contribution in [3.8, 4) is 5.75 Å². The summed E-state index contributed by atoms with van der Waals surface area (Å²) in [5.41, 5.74) is 4.34. The number of methoxy groups -OCH3 is 1. The van der Waals surface area contributed by atoms with Gasteiger partial charge in [-0.15, -0.1) is 0 Å². The number of benzene rings is 2. The summed E-state index contributed by atoms with van der Waals surface area (Å²) in [5.74, 6) is -0.902. The Morgan fingerprint density at radius 3 is 2.55 bits per heavy atom. The molecule has 0 radical (unpaired) electrons. The van der Waals surface area contributed by atoms with E-state index in [1.165, 1.54) is 30.3 Å². The zero-order valence-corrected chi connectivity index (χ0v) is 16.5. The number of ether oxygens (including phenoxy) is 1. The number of nitrogens with zero attached hydrogens (tertiary/aromatic N) is 2. The lowest BCUT2D eigenvalue weighted by atomic mass is 10.2. The first kappa shape index (κ1) is 20.3. The first-order valence-electron chi connectivity index (χ1n) is 8.42. The largest absolute Gasteiger partial charge is 0.495 e. The van der Waals surface area contributed by atoms with E-state index in [4.69, 9.17) is 9.88 Å².